The first-order valence-corrected chi connectivity index (χ1v) is 7.88. The number of nitrogens with zero attached hydrogens (tertiary/aromatic N) is 4. The molecular weight excluding hydrogens is 311 g/mol. The number of anilines is 3. The molecule has 0 bridgehead atoms. The molecule has 1 aliphatic rings. The third kappa shape index (κ3) is 2.78. The van der Waals surface area contributed by atoms with Crippen molar-refractivity contribution in [1.82, 2.24) is 30.0 Å². The number of nitrogens with one attached hydrogen (secondary N) is 4. The quantitative estimate of drug-likeness (QED) is 0.582. The number of hydrogen-bond acceptors (Lipinski definition) is 6. The molecule has 1 fully saturated rings. The largest absolute Gasteiger partial charge is 0.365 e. The Morgan fingerprint density at radius 1 is 1.38 bits per heavy atom. The molecule has 1 saturated heterocycles. The highest BCUT2D eigenvalue weighted by molar-refractivity contribution is 5.89. The van der Waals surface area contributed by atoms with E-state index in [2.05, 4.69) is 42.9 Å². The van der Waals surface area contributed by atoms with Crippen molar-refractivity contribution in [2.45, 2.75) is 25.4 Å². The Morgan fingerprint density at radius 2 is 2.25 bits per heavy atom. The molecule has 8 nitrogen and oxygen atoms in total. The lowest BCUT2D eigenvalue weighted by Crippen LogP contribution is -2.23. The van der Waals surface area contributed by atoms with Crippen LogP contribution in [0, 0.1) is 5.82 Å². The second-order valence-corrected chi connectivity index (χ2v) is 6.17. The first kappa shape index (κ1) is 14.9. The first-order chi connectivity index (χ1) is 11.6. The lowest BCUT2D eigenvalue weighted by Gasteiger charge is -2.14. The van der Waals surface area contributed by atoms with Crippen LogP contribution in [0.1, 0.15) is 13.3 Å². The zero-order valence-corrected chi connectivity index (χ0v) is 13.5. The molecular formula is C15H19FN8. The Labute approximate surface area is 137 Å². The lowest BCUT2D eigenvalue weighted by molar-refractivity contribution is 0.639. The van der Waals surface area contributed by atoms with Gasteiger partial charge in [0.2, 0.25) is 5.95 Å². The molecule has 1 aliphatic heterocycles. The molecule has 4 rings (SSSR count). The van der Waals surface area contributed by atoms with Crippen LogP contribution >= 0.6 is 0 Å². The second-order valence-electron chi connectivity index (χ2n) is 6.17. The highest BCUT2D eigenvalue weighted by Crippen LogP contribution is 2.27. The minimum absolute atomic E-state index is 0.207. The van der Waals surface area contributed by atoms with Crippen molar-refractivity contribution in [3.8, 4) is 0 Å². The van der Waals surface area contributed by atoms with Gasteiger partial charge < -0.3 is 20.9 Å². The van der Waals surface area contributed by atoms with E-state index in [4.69, 9.17) is 0 Å². The van der Waals surface area contributed by atoms with Gasteiger partial charge in [-0.05, 0) is 13.3 Å². The topological polar surface area (TPSA) is 95.5 Å². The van der Waals surface area contributed by atoms with Crippen molar-refractivity contribution in [3.05, 3.63) is 24.4 Å². The monoisotopic (exact) mass is 330 g/mol. The molecule has 2 atom stereocenters. The van der Waals surface area contributed by atoms with Crippen molar-refractivity contribution >= 4 is 28.5 Å². The Balaban J connectivity index is 1.68. The number of halogens is 1. The van der Waals surface area contributed by atoms with Gasteiger partial charge in [-0.2, -0.15) is 15.1 Å². The molecule has 0 radical (unpaired) electrons. The Kier molecular flexibility index (Phi) is 3.57. The van der Waals surface area contributed by atoms with Crippen molar-refractivity contribution in [1.29, 1.82) is 0 Å². The van der Waals surface area contributed by atoms with Crippen LogP contribution in [0.25, 0.3) is 11.0 Å². The van der Waals surface area contributed by atoms with E-state index in [1.54, 1.807) is 10.9 Å². The van der Waals surface area contributed by atoms with Gasteiger partial charge in [0.05, 0.1) is 17.3 Å². The summed E-state index contributed by atoms with van der Waals surface area (Å²) in [5.41, 5.74) is 1.22. The van der Waals surface area contributed by atoms with Crippen LogP contribution < -0.4 is 16.0 Å². The average Bonchev–Trinajstić information content (AvgIpc) is 3.22. The normalized spacial score (nSPS) is 20.6. The highest BCUT2D eigenvalue weighted by Gasteiger charge is 2.23. The molecule has 4 N–H and O–H groups in total. The Hall–Kier alpha value is -2.68. The van der Waals surface area contributed by atoms with Crippen molar-refractivity contribution in [3.63, 3.8) is 0 Å². The smallest absolute Gasteiger partial charge is 0.231 e. The summed E-state index contributed by atoms with van der Waals surface area (Å²) in [5, 5.41) is 14.3. The van der Waals surface area contributed by atoms with Crippen LogP contribution in [0.15, 0.2) is 18.6 Å². The van der Waals surface area contributed by atoms with E-state index in [0.29, 0.717) is 28.8 Å². The Bertz CT molecular complexity index is 870. The van der Waals surface area contributed by atoms with Crippen molar-refractivity contribution in [2.24, 2.45) is 7.05 Å². The van der Waals surface area contributed by atoms with E-state index >= 15 is 0 Å². The Morgan fingerprint density at radius 3 is 2.96 bits per heavy atom. The van der Waals surface area contributed by atoms with Gasteiger partial charge in [-0.3, -0.25) is 4.68 Å². The molecule has 0 aromatic carbocycles. The molecule has 24 heavy (non-hydrogen) atoms. The number of aromatic amines is 1. The molecule has 4 heterocycles. The summed E-state index contributed by atoms with van der Waals surface area (Å²) in [6, 6.07) is 0.641. The van der Waals surface area contributed by atoms with E-state index in [1.165, 1.54) is 6.20 Å². The maximum Gasteiger partial charge on any atom is 0.231 e. The van der Waals surface area contributed by atoms with E-state index in [0.717, 1.165) is 18.7 Å². The van der Waals surface area contributed by atoms with Crippen LogP contribution in [-0.4, -0.2) is 43.4 Å². The number of rotatable bonds is 4. The van der Waals surface area contributed by atoms with Gasteiger partial charge in [-0.25, -0.2) is 4.39 Å². The zero-order valence-electron chi connectivity index (χ0n) is 13.5. The van der Waals surface area contributed by atoms with Gasteiger partial charge in [-0.15, -0.1) is 0 Å². The summed E-state index contributed by atoms with van der Waals surface area (Å²) in [4.78, 5) is 11.7. The first-order valence-electron chi connectivity index (χ1n) is 7.88. The SMILES string of the molecule is C[C@H]1C[C@@H](Nc2nc(Nc3cnn(C)c3)nc3[nH]cc(F)c23)CN1. The van der Waals surface area contributed by atoms with E-state index in [1.807, 2.05) is 13.2 Å². The van der Waals surface area contributed by atoms with Gasteiger partial charge in [0.25, 0.3) is 0 Å². The number of aryl methyl sites for hydroxylation is 1. The minimum Gasteiger partial charge on any atom is -0.365 e. The highest BCUT2D eigenvalue weighted by atomic mass is 19.1. The third-order valence-corrected chi connectivity index (χ3v) is 4.14. The predicted octanol–water partition coefficient (Wildman–Crippen LogP) is 1.74. The molecule has 0 spiro atoms. The summed E-state index contributed by atoms with van der Waals surface area (Å²) in [5.74, 6) is 0.518. The number of hydrogen-bond donors (Lipinski definition) is 4. The summed E-state index contributed by atoms with van der Waals surface area (Å²) < 4.78 is 15.8. The average molecular weight is 330 g/mol. The van der Waals surface area contributed by atoms with E-state index in [-0.39, 0.29) is 11.9 Å². The number of H-pyrrole nitrogens is 1. The summed E-state index contributed by atoms with van der Waals surface area (Å²) >= 11 is 0. The molecule has 0 unspecified atom stereocenters. The fourth-order valence-electron chi connectivity index (χ4n) is 3.01. The van der Waals surface area contributed by atoms with Gasteiger partial charge in [0, 0.05) is 38.1 Å². The molecule has 0 saturated carbocycles. The van der Waals surface area contributed by atoms with Gasteiger partial charge in [0.15, 0.2) is 5.82 Å². The molecule has 0 aliphatic carbocycles. The second kappa shape index (κ2) is 5.75. The van der Waals surface area contributed by atoms with Crippen LogP contribution in [-0.2, 0) is 7.05 Å². The number of fused-ring (bicyclic) bond motifs is 1. The van der Waals surface area contributed by atoms with Crippen LogP contribution in [0.3, 0.4) is 0 Å². The summed E-state index contributed by atoms with van der Waals surface area (Å²) in [6.07, 6.45) is 5.76. The van der Waals surface area contributed by atoms with Crippen molar-refractivity contribution < 1.29 is 4.39 Å². The molecule has 3 aromatic heterocycles. The standard InChI is InChI=1S/C15H19FN8/c1-8-3-9(4-17-8)20-14-12-11(16)6-18-13(12)22-15(23-14)21-10-5-19-24(2)7-10/h5-9,17H,3-4H2,1-2H3,(H3,18,20,21,22,23)/t8-,9+/m0/s1. The van der Waals surface area contributed by atoms with Crippen molar-refractivity contribution in [2.75, 3.05) is 17.2 Å². The van der Waals surface area contributed by atoms with Gasteiger partial charge in [-0.1, -0.05) is 0 Å². The fraction of sp³-hybridized carbons (Fsp3) is 0.400. The van der Waals surface area contributed by atoms with E-state index in [9.17, 15) is 4.39 Å². The molecule has 9 heteroatoms. The van der Waals surface area contributed by atoms with E-state index < -0.39 is 0 Å². The third-order valence-electron chi connectivity index (χ3n) is 4.14. The summed E-state index contributed by atoms with van der Waals surface area (Å²) in [7, 11) is 1.83. The van der Waals surface area contributed by atoms with Crippen LogP contribution in [0.2, 0.25) is 0 Å². The lowest BCUT2D eigenvalue weighted by atomic mass is 10.2. The van der Waals surface area contributed by atoms with Gasteiger partial charge >= 0.3 is 0 Å². The molecule has 0 amide bonds. The van der Waals surface area contributed by atoms with Gasteiger partial charge in [0.1, 0.15) is 11.5 Å². The predicted molar refractivity (Wildman–Crippen MR) is 89.8 cm³/mol. The molecule has 126 valence electrons. The zero-order chi connectivity index (χ0) is 16.7. The van der Waals surface area contributed by atoms with Crippen LogP contribution in [0.5, 0.6) is 0 Å². The minimum atomic E-state index is -0.362. The maximum absolute atomic E-state index is 14.1. The number of aromatic nitrogens is 5. The fourth-order valence-corrected chi connectivity index (χ4v) is 3.01. The maximum atomic E-state index is 14.1. The summed E-state index contributed by atoms with van der Waals surface area (Å²) in [6.45, 7) is 2.95. The van der Waals surface area contributed by atoms with Crippen LogP contribution in [0.4, 0.5) is 21.8 Å². The molecule has 3 aromatic rings.